The smallest absolute Gasteiger partial charge is 0.234 e. The van der Waals surface area contributed by atoms with E-state index in [-0.39, 0.29) is 17.5 Å². The molecule has 1 rings (SSSR count). The van der Waals surface area contributed by atoms with Crippen LogP contribution in [0.5, 0.6) is 0 Å². The summed E-state index contributed by atoms with van der Waals surface area (Å²) in [5.41, 5.74) is 5.61. The van der Waals surface area contributed by atoms with Crippen molar-refractivity contribution in [1.29, 1.82) is 0 Å². The number of carbonyl (C=O) groups excluding carboxylic acids is 1. The predicted octanol–water partition coefficient (Wildman–Crippen LogP) is -0.0659. The third-order valence-electron chi connectivity index (χ3n) is 2.19. The van der Waals surface area contributed by atoms with Crippen LogP contribution >= 0.6 is 0 Å². The van der Waals surface area contributed by atoms with E-state index in [1.54, 1.807) is 0 Å². The average molecular weight is 199 g/mol. The van der Waals surface area contributed by atoms with Gasteiger partial charge in [-0.2, -0.15) is 0 Å². The number of carbonyl (C=O) groups is 1. The first kappa shape index (κ1) is 11.5. The molecule has 3 N–H and O–H groups in total. The quantitative estimate of drug-likeness (QED) is 0.655. The van der Waals surface area contributed by atoms with Crippen LogP contribution in [0.2, 0.25) is 0 Å². The van der Waals surface area contributed by atoms with E-state index < -0.39 is 0 Å². The molecule has 1 atom stereocenters. The van der Waals surface area contributed by atoms with Crippen molar-refractivity contribution in [2.24, 2.45) is 5.73 Å². The van der Waals surface area contributed by atoms with Gasteiger partial charge in [0.1, 0.15) is 0 Å². The largest absolute Gasteiger partial charge is 0.350 e. The Morgan fingerprint density at radius 2 is 2.21 bits per heavy atom. The summed E-state index contributed by atoms with van der Waals surface area (Å²) in [5, 5.41) is 2.94. The molecule has 0 saturated carbocycles. The highest BCUT2D eigenvalue weighted by molar-refractivity contribution is 5.78. The molecule has 0 bridgehead atoms. The van der Waals surface area contributed by atoms with Gasteiger partial charge in [0, 0.05) is 24.7 Å². The summed E-state index contributed by atoms with van der Waals surface area (Å²) in [7, 11) is 0. The van der Waals surface area contributed by atoms with Gasteiger partial charge in [0.15, 0.2) is 0 Å². The average Bonchev–Trinajstić information content (AvgIpc) is 2.30. The molecule has 1 aliphatic heterocycles. The van der Waals surface area contributed by atoms with E-state index >= 15 is 0 Å². The van der Waals surface area contributed by atoms with E-state index in [0.717, 1.165) is 19.5 Å². The maximum atomic E-state index is 11.5. The van der Waals surface area contributed by atoms with Crippen LogP contribution in [0.15, 0.2) is 0 Å². The molecule has 0 spiro atoms. The van der Waals surface area contributed by atoms with E-state index in [9.17, 15) is 4.79 Å². The van der Waals surface area contributed by atoms with Crippen molar-refractivity contribution in [3.63, 3.8) is 0 Å². The highest BCUT2D eigenvalue weighted by Gasteiger charge is 2.22. The van der Waals surface area contributed by atoms with Gasteiger partial charge in [-0.3, -0.25) is 9.69 Å². The van der Waals surface area contributed by atoms with E-state index in [1.165, 1.54) is 0 Å². The number of hydrogen-bond donors (Lipinski definition) is 2. The zero-order valence-electron chi connectivity index (χ0n) is 9.34. The number of hydrogen-bond acceptors (Lipinski definition) is 3. The maximum absolute atomic E-state index is 11.5. The van der Waals surface area contributed by atoms with Gasteiger partial charge < -0.3 is 11.1 Å². The lowest BCUT2D eigenvalue weighted by atomic mass is 10.1. The van der Waals surface area contributed by atoms with Crippen LogP contribution in [-0.2, 0) is 4.79 Å². The first-order valence-electron chi connectivity index (χ1n) is 5.16. The second-order valence-electron chi connectivity index (χ2n) is 5.08. The summed E-state index contributed by atoms with van der Waals surface area (Å²) in [4.78, 5) is 13.6. The number of rotatable bonds is 2. The van der Waals surface area contributed by atoms with Gasteiger partial charge in [-0.1, -0.05) is 0 Å². The molecule has 1 unspecified atom stereocenters. The number of nitrogens with one attached hydrogen (secondary N) is 1. The minimum atomic E-state index is -0.140. The van der Waals surface area contributed by atoms with Crippen LogP contribution < -0.4 is 11.1 Å². The van der Waals surface area contributed by atoms with Crippen molar-refractivity contribution < 1.29 is 4.79 Å². The standard InChI is InChI=1S/C10H21N3O/c1-10(2,3)12-9(14)7-13-5-4-8(11)6-13/h8H,4-7,11H2,1-3H3,(H,12,14). The Hall–Kier alpha value is -0.610. The molecule has 0 radical (unpaired) electrons. The molecular weight excluding hydrogens is 178 g/mol. The van der Waals surface area contributed by atoms with Crippen molar-refractivity contribution in [3.8, 4) is 0 Å². The van der Waals surface area contributed by atoms with Gasteiger partial charge in [0.25, 0.3) is 0 Å². The Labute approximate surface area is 85.8 Å². The fourth-order valence-corrected chi connectivity index (χ4v) is 1.67. The molecule has 4 heteroatoms. The Kier molecular flexibility index (Phi) is 3.50. The van der Waals surface area contributed by atoms with Crippen molar-refractivity contribution in [1.82, 2.24) is 10.2 Å². The van der Waals surface area contributed by atoms with E-state index in [0.29, 0.717) is 6.54 Å². The summed E-state index contributed by atoms with van der Waals surface area (Å²) < 4.78 is 0. The molecule has 0 aromatic carbocycles. The molecule has 0 aliphatic carbocycles. The zero-order valence-corrected chi connectivity index (χ0v) is 9.34. The Morgan fingerprint density at radius 3 is 2.64 bits per heavy atom. The van der Waals surface area contributed by atoms with Crippen molar-refractivity contribution >= 4 is 5.91 Å². The van der Waals surface area contributed by atoms with Crippen LogP contribution in [0.3, 0.4) is 0 Å². The summed E-state index contributed by atoms with van der Waals surface area (Å²) >= 11 is 0. The lowest BCUT2D eigenvalue weighted by Crippen LogP contribution is -2.45. The monoisotopic (exact) mass is 199 g/mol. The van der Waals surface area contributed by atoms with E-state index in [2.05, 4.69) is 10.2 Å². The Bertz CT molecular complexity index is 210. The highest BCUT2D eigenvalue weighted by atomic mass is 16.2. The molecule has 1 heterocycles. The molecule has 14 heavy (non-hydrogen) atoms. The van der Waals surface area contributed by atoms with E-state index in [1.807, 2.05) is 20.8 Å². The molecule has 0 aromatic heterocycles. The van der Waals surface area contributed by atoms with Gasteiger partial charge in [0.05, 0.1) is 6.54 Å². The minimum Gasteiger partial charge on any atom is -0.350 e. The predicted molar refractivity (Wildman–Crippen MR) is 56.9 cm³/mol. The molecule has 1 fully saturated rings. The van der Waals surface area contributed by atoms with Crippen LogP contribution in [0.1, 0.15) is 27.2 Å². The summed E-state index contributed by atoms with van der Waals surface area (Å²) in [6, 6.07) is 0.248. The Balaban J connectivity index is 2.27. The summed E-state index contributed by atoms with van der Waals surface area (Å²) in [6.45, 7) is 8.23. The Morgan fingerprint density at radius 1 is 1.57 bits per heavy atom. The molecule has 1 saturated heterocycles. The van der Waals surface area contributed by atoms with Crippen LogP contribution in [0.25, 0.3) is 0 Å². The number of amides is 1. The third kappa shape index (κ3) is 4.07. The van der Waals surface area contributed by atoms with Gasteiger partial charge in [-0.05, 0) is 27.2 Å². The van der Waals surface area contributed by atoms with Crippen LogP contribution in [0, 0.1) is 0 Å². The van der Waals surface area contributed by atoms with Crippen molar-refractivity contribution in [2.75, 3.05) is 19.6 Å². The molecule has 82 valence electrons. The molecule has 4 nitrogen and oxygen atoms in total. The second kappa shape index (κ2) is 4.28. The second-order valence-corrected chi connectivity index (χ2v) is 5.08. The molecule has 1 amide bonds. The number of nitrogens with two attached hydrogens (primary N) is 1. The molecule has 1 aliphatic rings. The van der Waals surface area contributed by atoms with Crippen molar-refractivity contribution in [3.05, 3.63) is 0 Å². The lowest BCUT2D eigenvalue weighted by molar-refractivity contribution is -0.123. The summed E-state index contributed by atoms with van der Waals surface area (Å²) in [6.07, 6.45) is 1.00. The SMILES string of the molecule is CC(C)(C)NC(=O)CN1CCC(N)C1. The van der Waals surface area contributed by atoms with Gasteiger partial charge in [-0.25, -0.2) is 0 Å². The fraction of sp³-hybridized carbons (Fsp3) is 0.900. The van der Waals surface area contributed by atoms with Gasteiger partial charge in [-0.15, -0.1) is 0 Å². The number of likely N-dealkylation sites (tertiary alicyclic amines) is 1. The van der Waals surface area contributed by atoms with Gasteiger partial charge in [0.2, 0.25) is 5.91 Å². The first-order valence-corrected chi connectivity index (χ1v) is 5.16. The highest BCUT2D eigenvalue weighted by Crippen LogP contribution is 2.06. The van der Waals surface area contributed by atoms with Crippen LogP contribution in [-0.4, -0.2) is 42.0 Å². The lowest BCUT2D eigenvalue weighted by Gasteiger charge is -2.23. The van der Waals surface area contributed by atoms with Crippen molar-refractivity contribution in [2.45, 2.75) is 38.8 Å². The molecule has 0 aromatic rings. The van der Waals surface area contributed by atoms with Gasteiger partial charge >= 0.3 is 0 Å². The molecular formula is C10H21N3O. The third-order valence-corrected chi connectivity index (χ3v) is 2.19. The minimum absolute atomic E-state index is 0.0894. The fourth-order valence-electron chi connectivity index (χ4n) is 1.67. The topological polar surface area (TPSA) is 58.4 Å². The normalized spacial score (nSPS) is 23.9. The van der Waals surface area contributed by atoms with Crippen LogP contribution in [0.4, 0.5) is 0 Å². The number of nitrogens with zero attached hydrogens (tertiary/aromatic N) is 1. The van der Waals surface area contributed by atoms with E-state index in [4.69, 9.17) is 5.73 Å². The zero-order chi connectivity index (χ0) is 10.8. The first-order chi connectivity index (χ1) is 6.37. The maximum Gasteiger partial charge on any atom is 0.234 e. The summed E-state index contributed by atoms with van der Waals surface area (Å²) in [5.74, 6) is 0.0894.